The summed E-state index contributed by atoms with van der Waals surface area (Å²) in [7, 11) is 0. The van der Waals surface area contributed by atoms with Crippen molar-refractivity contribution in [2.24, 2.45) is 5.92 Å². The van der Waals surface area contributed by atoms with Gasteiger partial charge in [0.05, 0.1) is 0 Å². The Bertz CT molecular complexity index is 791. The molecule has 0 bridgehead atoms. The minimum absolute atomic E-state index is 0.657. The van der Waals surface area contributed by atoms with Crippen LogP contribution in [0, 0.1) is 5.92 Å². The highest BCUT2D eigenvalue weighted by Gasteiger charge is 2.41. The second-order valence-corrected chi connectivity index (χ2v) is 8.87. The zero-order valence-electron chi connectivity index (χ0n) is 15.8. The quantitative estimate of drug-likeness (QED) is 0.785. The van der Waals surface area contributed by atoms with Gasteiger partial charge >= 0.3 is 0 Å². The van der Waals surface area contributed by atoms with E-state index in [0.717, 1.165) is 11.5 Å². The van der Waals surface area contributed by atoms with Crippen molar-refractivity contribution in [1.82, 2.24) is 9.88 Å². The summed E-state index contributed by atoms with van der Waals surface area (Å²) in [6.45, 7) is 11.2. The topological polar surface area (TPSA) is 19.0 Å². The van der Waals surface area contributed by atoms with Crippen LogP contribution in [0.4, 0.5) is 0 Å². The molecule has 1 aliphatic heterocycles. The second kappa shape index (κ2) is 6.85. The van der Waals surface area contributed by atoms with Crippen molar-refractivity contribution < 1.29 is 0 Å². The normalized spacial score (nSPS) is 26.0. The molecule has 25 heavy (non-hydrogen) atoms. The number of fused-ring (bicyclic) bond motifs is 2. The van der Waals surface area contributed by atoms with E-state index in [0.29, 0.717) is 12.0 Å². The zero-order valence-corrected chi connectivity index (χ0v) is 16.6. The molecule has 3 heteroatoms. The number of H-pyrrole nitrogens is 1. The summed E-state index contributed by atoms with van der Waals surface area (Å²) < 4.78 is 0. The minimum atomic E-state index is 0.657. The molecule has 2 nitrogen and oxygen atoms in total. The molecule has 0 amide bonds. The molecule has 134 valence electrons. The van der Waals surface area contributed by atoms with Crippen LogP contribution in [0.1, 0.15) is 49.4 Å². The van der Waals surface area contributed by atoms with E-state index in [2.05, 4.69) is 54.8 Å². The van der Waals surface area contributed by atoms with E-state index in [4.69, 9.17) is 0 Å². The molecule has 4 rings (SSSR count). The van der Waals surface area contributed by atoms with Crippen molar-refractivity contribution in [3.05, 3.63) is 41.6 Å². The summed E-state index contributed by atoms with van der Waals surface area (Å²) in [4.78, 5) is 6.46. The van der Waals surface area contributed by atoms with Crippen molar-refractivity contribution in [1.29, 1.82) is 0 Å². The van der Waals surface area contributed by atoms with Crippen molar-refractivity contribution in [3.8, 4) is 0 Å². The molecule has 0 saturated carbocycles. The van der Waals surface area contributed by atoms with Crippen LogP contribution in [0.3, 0.4) is 0 Å². The summed E-state index contributed by atoms with van der Waals surface area (Å²) in [5.41, 5.74) is 6.85. The van der Waals surface area contributed by atoms with Gasteiger partial charge in [0.15, 0.2) is 0 Å². The smallest absolute Gasteiger partial charge is 0.0464 e. The Hall–Kier alpha value is -1.19. The number of thioether (sulfide) groups is 1. The average molecular weight is 355 g/mol. The molecule has 1 aliphatic carbocycles. The molecule has 1 unspecified atom stereocenters. The van der Waals surface area contributed by atoms with Crippen LogP contribution in [0.2, 0.25) is 0 Å². The fourth-order valence-corrected chi connectivity index (χ4v) is 5.96. The van der Waals surface area contributed by atoms with Gasteiger partial charge in [-0.1, -0.05) is 25.6 Å². The van der Waals surface area contributed by atoms with Gasteiger partial charge in [0.1, 0.15) is 0 Å². The molecule has 1 saturated heterocycles. The Kier molecular flexibility index (Phi) is 4.72. The standard InChI is InChI=1S/C22H30N2S/c1-5-9-24-12-15(13-25-4)10-17-16-7-6-8-19-21(16)18(11-20(17)24)22(23-19)14(2)3/h6-8,15,17,20,23H,2,5,9-13H2,1,3-4H3/t15?,17-,20-/m1/s1. The Morgan fingerprint density at radius 2 is 2.24 bits per heavy atom. The number of allylic oxidation sites excluding steroid dienone is 1. The van der Waals surface area contributed by atoms with E-state index in [1.54, 1.807) is 5.56 Å². The van der Waals surface area contributed by atoms with Crippen molar-refractivity contribution in [3.63, 3.8) is 0 Å². The van der Waals surface area contributed by atoms with Crippen LogP contribution in [0.25, 0.3) is 16.5 Å². The van der Waals surface area contributed by atoms with E-state index >= 15 is 0 Å². The molecular weight excluding hydrogens is 324 g/mol. The van der Waals surface area contributed by atoms with Gasteiger partial charge in [0.25, 0.3) is 0 Å². The summed E-state index contributed by atoms with van der Waals surface area (Å²) in [6.07, 6.45) is 6.02. The molecule has 1 aromatic heterocycles. The molecule has 2 aromatic rings. The lowest BCUT2D eigenvalue weighted by Gasteiger charge is -2.47. The first-order valence-corrected chi connectivity index (χ1v) is 11.1. The largest absolute Gasteiger partial charge is 0.355 e. The highest BCUT2D eigenvalue weighted by Crippen LogP contribution is 2.46. The SMILES string of the molecule is C=C(C)c1[nH]c2cccc3c2c1C[C@@H]1[C@@H]3CC(CSC)CN1CCC. The number of rotatable bonds is 5. The Balaban J connectivity index is 1.82. The molecule has 1 N–H and O–H groups in total. The maximum absolute atomic E-state index is 4.23. The Morgan fingerprint density at radius 1 is 1.40 bits per heavy atom. The van der Waals surface area contributed by atoms with Crippen LogP contribution in [0.5, 0.6) is 0 Å². The number of nitrogens with zero attached hydrogens (tertiary/aromatic N) is 1. The second-order valence-electron chi connectivity index (χ2n) is 7.96. The lowest BCUT2D eigenvalue weighted by Crippen LogP contribution is -2.50. The third kappa shape index (κ3) is 2.86. The van der Waals surface area contributed by atoms with Crippen LogP contribution in [0.15, 0.2) is 24.8 Å². The summed E-state index contributed by atoms with van der Waals surface area (Å²) in [5, 5.41) is 1.50. The van der Waals surface area contributed by atoms with Crippen LogP contribution < -0.4 is 0 Å². The van der Waals surface area contributed by atoms with Gasteiger partial charge in [0.2, 0.25) is 0 Å². The van der Waals surface area contributed by atoms with Gasteiger partial charge in [-0.15, -0.1) is 0 Å². The first kappa shape index (κ1) is 17.2. The van der Waals surface area contributed by atoms with Gasteiger partial charge in [-0.3, -0.25) is 4.90 Å². The van der Waals surface area contributed by atoms with E-state index < -0.39 is 0 Å². The van der Waals surface area contributed by atoms with E-state index in [1.807, 2.05) is 11.8 Å². The maximum atomic E-state index is 4.23. The first-order chi connectivity index (χ1) is 12.1. The molecule has 0 radical (unpaired) electrons. The Labute approximate surface area is 156 Å². The van der Waals surface area contributed by atoms with Crippen LogP contribution >= 0.6 is 11.8 Å². The number of piperidine rings is 1. The number of hydrogen-bond acceptors (Lipinski definition) is 2. The van der Waals surface area contributed by atoms with Gasteiger partial charge in [-0.25, -0.2) is 0 Å². The fourth-order valence-electron chi connectivity index (χ4n) is 5.25. The van der Waals surface area contributed by atoms with Gasteiger partial charge in [-0.05, 0) is 73.4 Å². The number of benzene rings is 1. The summed E-state index contributed by atoms with van der Waals surface area (Å²) in [5.74, 6) is 2.79. The number of hydrogen-bond donors (Lipinski definition) is 1. The maximum Gasteiger partial charge on any atom is 0.0464 e. The molecule has 3 atom stereocenters. The molecule has 1 aromatic carbocycles. The van der Waals surface area contributed by atoms with Crippen molar-refractivity contribution in [2.45, 2.75) is 45.1 Å². The highest BCUT2D eigenvalue weighted by molar-refractivity contribution is 7.98. The fraction of sp³-hybridized carbons (Fsp3) is 0.545. The first-order valence-electron chi connectivity index (χ1n) is 9.66. The molecule has 2 aliphatic rings. The van der Waals surface area contributed by atoms with E-state index in [1.165, 1.54) is 60.3 Å². The predicted octanol–water partition coefficient (Wildman–Crippen LogP) is 5.30. The highest BCUT2D eigenvalue weighted by atomic mass is 32.2. The van der Waals surface area contributed by atoms with Crippen molar-refractivity contribution >= 4 is 28.2 Å². The van der Waals surface area contributed by atoms with E-state index in [-0.39, 0.29) is 0 Å². The van der Waals surface area contributed by atoms with E-state index in [9.17, 15) is 0 Å². The average Bonchev–Trinajstić information content (AvgIpc) is 2.97. The number of aromatic nitrogens is 1. The van der Waals surface area contributed by atoms with Gasteiger partial charge in [0, 0.05) is 35.1 Å². The molecule has 0 spiro atoms. The lowest BCUT2D eigenvalue weighted by molar-refractivity contribution is 0.0926. The molecular formula is C22H30N2S. The summed E-state index contributed by atoms with van der Waals surface area (Å²) >= 11 is 2.01. The summed E-state index contributed by atoms with van der Waals surface area (Å²) in [6, 6.07) is 7.53. The number of nitrogens with one attached hydrogen (secondary N) is 1. The predicted molar refractivity (Wildman–Crippen MR) is 112 cm³/mol. The van der Waals surface area contributed by atoms with Crippen LogP contribution in [-0.4, -0.2) is 41.0 Å². The monoisotopic (exact) mass is 354 g/mol. The third-order valence-corrected chi connectivity index (χ3v) is 6.93. The van der Waals surface area contributed by atoms with Crippen molar-refractivity contribution in [2.75, 3.05) is 25.1 Å². The van der Waals surface area contributed by atoms with Gasteiger partial charge in [-0.2, -0.15) is 11.8 Å². The van der Waals surface area contributed by atoms with Crippen LogP contribution in [-0.2, 0) is 6.42 Å². The number of likely N-dealkylation sites (tertiary alicyclic amines) is 1. The lowest BCUT2D eigenvalue weighted by atomic mass is 9.72. The third-order valence-electron chi connectivity index (χ3n) is 6.13. The van der Waals surface area contributed by atoms with Gasteiger partial charge < -0.3 is 4.98 Å². The molecule has 1 fully saturated rings. The Morgan fingerprint density at radius 3 is 2.96 bits per heavy atom. The number of aromatic amines is 1. The molecule has 2 heterocycles. The zero-order chi connectivity index (χ0) is 17.6. The minimum Gasteiger partial charge on any atom is -0.355 e.